The van der Waals surface area contributed by atoms with Gasteiger partial charge in [-0.05, 0) is 55.2 Å². The summed E-state index contributed by atoms with van der Waals surface area (Å²) in [5, 5.41) is 1.10. The number of rotatable bonds is 3. The van der Waals surface area contributed by atoms with E-state index in [1.165, 1.54) is 5.56 Å². The fourth-order valence-electron chi connectivity index (χ4n) is 4.72. The van der Waals surface area contributed by atoms with E-state index >= 15 is 0 Å². The average Bonchev–Trinajstić information content (AvgIpc) is 3.03. The van der Waals surface area contributed by atoms with Crippen molar-refractivity contribution in [2.45, 2.75) is 25.7 Å². The molecule has 1 amide bonds. The number of hydrogen-bond acceptors (Lipinski definition) is 1. The molecule has 0 fully saturated rings. The highest BCUT2D eigenvalue weighted by Gasteiger charge is 2.52. The molecule has 3 aromatic rings. The Labute approximate surface area is 168 Å². The van der Waals surface area contributed by atoms with Crippen molar-refractivity contribution >= 4 is 38.4 Å². The minimum atomic E-state index is -0.747. The number of halogens is 1. The molecule has 0 radical (unpaired) electrons. The Morgan fingerprint density at radius 3 is 2.59 bits per heavy atom. The van der Waals surface area contributed by atoms with Gasteiger partial charge in [0.05, 0.1) is 5.69 Å². The van der Waals surface area contributed by atoms with E-state index in [-0.39, 0.29) is 5.91 Å². The molecule has 0 spiro atoms. The summed E-state index contributed by atoms with van der Waals surface area (Å²) in [5.74, 6) is 0.110. The van der Waals surface area contributed by atoms with Crippen LogP contribution < -0.4 is 4.90 Å². The monoisotopic (exact) mass is 422 g/mol. The van der Waals surface area contributed by atoms with Crippen LogP contribution in [-0.2, 0) is 17.3 Å². The first-order valence-electron chi connectivity index (χ1n) is 9.07. The Balaban J connectivity index is 2.15. The number of carbonyl (C=O) groups is 1. The zero-order valence-corrected chi connectivity index (χ0v) is 17.7. The Morgan fingerprint density at radius 1 is 1.15 bits per heavy atom. The molecule has 0 aliphatic carbocycles. The highest BCUT2D eigenvalue weighted by molar-refractivity contribution is 9.10. The van der Waals surface area contributed by atoms with Crippen molar-refractivity contribution < 1.29 is 4.79 Å². The lowest BCUT2D eigenvalue weighted by Gasteiger charge is -2.27. The molecule has 3 nitrogen and oxygen atoms in total. The number of allylic oxidation sites excluding steroid dienone is 1. The van der Waals surface area contributed by atoms with E-state index in [1.54, 1.807) is 0 Å². The minimum absolute atomic E-state index is 0.110. The number of carbonyl (C=O) groups excluding carboxylic acids is 1. The molecule has 138 valence electrons. The molecule has 0 N–H and O–H groups in total. The van der Waals surface area contributed by atoms with E-state index in [1.807, 2.05) is 31.1 Å². The van der Waals surface area contributed by atoms with Crippen LogP contribution in [0.3, 0.4) is 0 Å². The van der Waals surface area contributed by atoms with E-state index in [0.717, 1.165) is 37.8 Å². The maximum absolute atomic E-state index is 13.7. The fourth-order valence-corrected chi connectivity index (χ4v) is 5.08. The zero-order chi connectivity index (χ0) is 19.5. The highest BCUT2D eigenvalue weighted by atomic mass is 79.9. The van der Waals surface area contributed by atoms with Crippen LogP contribution in [0.5, 0.6) is 0 Å². The SMILES string of the molecule is C=CCC1(c2cn(C)c3ccc(Br)cc23)C(=O)N(C)c2c(C)cc(C)cc21. The molecule has 4 rings (SSSR count). The largest absolute Gasteiger partial charge is 0.350 e. The molecular formula is C23H23BrN2O. The molecule has 2 aromatic carbocycles. The molecule has 27 heavy (non-hydrogen) atoms. The molecular weight excluding hydrogens is 400 g/mol. The number of anilines is 1. The highest BCUT2D eigenvalue weighted by Crippen LogP contribution is 2.51. The summed E-state index contributed by atoms with van der Waals surface area (Å²) in [5.41, 5.74) is 5.83. The molecule has 4 heteroatoms. The number of hydrogen-bond donors (Lipinski definition) is 0. The second-order valence-corrected chi connectivity index (χ2v) is 8.47. The van der Waals surface area contributed by atoms with Gasteiger partial charge in [-0.2, -0.15) is 0 Å². The van der Waals surface area contributed by atoms with Crippen LogP contribution in [0.25, 0.3) is 10.9 Å². The van der Waals surface area contributed by atoms with Crippen molar-refractivity contribution in [3.8, 4) is 0 Å². The van der Waals surface area contributed by atoms with Crippen molar-refractivity contribution in [2.75, 3.05) is 11.9 Å². The lowest BCUT2D eigenvalue weighted by atomic mass is 9.72. The van der Waals surface area contributed by atoms with Crippen molar-refractivity contribution in [1.82, 2.24) is 4.57 Å². The minimum Gasteiger partial charge on any atom is -0.350 e. The maximum atomic E-state index is 13.7. The van der Waals surface area contributed by atoms with Crippen LogP contribution in [0.15, 0.2) is 53.7 Å². The first kappa shape index (κ1) is 18.1. The lowest BCUT2D eigenvalue weighted by Crippen LogP contribution is -2.39. The smallest absolute Gasteiger partial charge is 0.242 e. The van der Waals surface area contributed by atoms with Gasteiger partial charge in [-0.1, -0.05) is 39.7 Å². The van der Waals surface area contributed by atoms with Crippen LogP contribution in [0.2, 0.25) is 0 Å². The predicted octanol–water partition coefficient (Wildman–Crippen LogP) is 5.40. The third-order valence-electron chi connectivity index (χ3n) is 5.77. The van der Waals surface area contributed by atoms with Crippen LogP contribution in [-0.4, -0.2) is 17.5 Å². The van der Waals surface area contributed by atoms with Gasteiger partial charge in [-0.25, -0.2) is 0 Å². The third kappa shape index (κ3) is 2.36. The number of amides is 1. The topological polar surface area (TPSA) is 25.2 Å². The van der Waals surface area contributed by atoms with E-state index in [0.29, 0.717) is 6.42 Å². The van der Waals surface area contributed by atoms with Crippen LogP contribution >= 0.6 is 15.9 Å². The summed E-state index contributed by atoms with van der Waals surface area (Å²) in [7, 11) is 3.92. The first-order valence-corrected chi connectivity index (χ1v) is 9.86. The van der Waals surface area contributed by atoms with E-state index in [9.17, 15) is 4.79 Å². The normalized spacial score (nSPS) is 19.0. The standard InChI is InChI=1S/C23H23BrN2O/c1-6-9-23(19-13-25(4)20-8-7-16(24)12-17(19)20)18-11-14(2)10-15(3)21(18)26(5)22(23)27/h6-8,10-13H,1,9H2,2-5H3. The summed E-state index contributed by atoms with van der Waals surface area (Å²) in [4.78, 5) is 15.6. The molecule has 1 unspecified atom stereocenters. The van der Waals surface area contributed by atoms with Gasteiger partial charge in [0.25, 0.3) is 0 Å². The Morgan fingerprint density at radius 2 is 1.89 bits per heavy atom. The van der Waals surface area contributed by atoms with E-state index < -0.39 is 5.41 Å². The van der Waals surface area contributed by atoms with Gasteiger partial charge in [0.15, 0.2) is 0 Å². The predicted molar refractivity (Wildman–Crippen MR) is 116 cm³/mol. The second kappa shape index (κ2) is 6.10. The average molecular weight is 423 g/mol. The maximum Gasteiger partial charge on any atom is 0.242 e. The molecule has 1 atom stereocenters. The summed E-state index contributed by atoms with van der Waals surface area (Å²) in [6, 6.07) is 10.6. The van der Waals surface area contributed by atoms with Crippen molar-refractivity contribution in [3.63, 3.8) is 0 Å². The molecule has 1 aliphatic rings. The van der Waals surface area contributed by atoms with E-state index in [4.69, 9.17) is 0 Å². The van der Waals surface area contributed by atoms with Crippen molar-refractivity contribution in [1.29, 1.82) is 0 Å². The number of benzene rings is 2. The number of nitrogens with zero attached hydrogens (tertiary/aromatic N) is 2. The van der Waals surface area contributed by atoms with Crippen LogP contribution in [0.1, 0.15) is 28.7 Å². The Bertz CT molecular complexity index is 1110. The quantitative estimate of drug-likeness (QED) is 0.518. The lowest BCUT2D eigenvalue weighted by molar-refractivity contribution is -0.121. The van der Waals surface area contributed by atoms with E-state index in [2.05, 4.69) is 71.4 Å². The van der Waals surface area contributed by atoms with Gasteiger partial charge >= 0.3 is 0 Å². The Hall–Kier alpha value is -2.33. The number of aryl methyl sites for hydroxylation is 3. The number of likely N-dealkylation sites (N-methyl/N-ethyl adjacent to an activating group) is 1. The van der Waals surface area contributed by atoms with Gasteiger partial charge in [-0.15, -0.1) is 6.58 Å². The van der Waals surface area contributed by atoms with Crippen LogP contribution in [0, 0.1) is 13.8 Å². The number of fused-ring (bicyclic) bond motifs is 2. The third-order valence-corrected chi connectivity index (χ3v) is 6.26. The second-order valence-electron chi connectivity index (χ2n) is 7.56. The number of aromatic nitrogens is 1. The summed E-state index contributed by atoms with van der Waals surface area (Å²) in [6.45, 7) is 8.16. The molecule has 0 bridgehead atoms. The fraction of sp³-hybridized carbons (Fsp3) is 0.261. The van der Waals surface area contributed by atoms with Gasteiger partial charge in [0, 0.05) is 35.7 Å². The molecule has 0 saturated carbocycles. The first-order chi connectivity index (χ1) is 12.8. The molecule has 1 aromatic heterocycles. The zero-order valence-electron chi connectivity index (χ0n) is 16.1. The van der Waals surface area contributed by atoms with Gasteiger partial charge in [0.2, 0.25) is 5.91 Å². The van der Waals surface area contributed by atoms with Gasteiger partial charge < -0.3 is 9.47 Å². The molecule has 2 heterocycles. The summed E-state index contributed by atoms with van der Waals surface area (Å²) in [6.07, 6.45) is 4.55. The Kier molecular flexibility index (Phi) is 4.08. The molecule has 0 saturated heterocycles. The summed E-state index contributed by atoms with van der Waals surface area (Å²) < 4.78 is 3.12. The molecule has 1 aliphatic heterocycles. The van der Waals surface area contributed by atoms with Gasteiger partial charge in [0.1, 0.15) is 5.41 Å². The summed E-state index contributed by atoms with van der Waals surface area (Å²) >= 11 is 3.60. The van der Waals surface area contributed by atoms with Crippen molar-refractivity contribution in [3.05, 3.63) is 75.9 Å². The van der Waals surface area contributed by atoms with Crippen LogP contribution in [0.4, 0.5) is 5.69 Å². The van der Waals surface area contributed by atoms with Crippen molar-refractivity contribution in [2.24, 2.45) is 7.05 Å². The van der Waals surface area contributed by atoms with Gasteiger partial charge in [-0.3, -0.25) is 4.79 Å².